The van der Waals surface area contributed by atoms with Gasteiger partial charge in [0.25, 0.3) is 0 Å². The highest BCUT2D eigenvalue weighted by atomic mass is 19.1. The summed E-state index contributed by atoms with van der Waals surface area (Å²) in [4.78, 5) is 2.15. The number of rotatable bonds is 5. The standard InChI is InChI=1S/C17H21FN2/c1-13(19-2)15-6-10-17(11-7-15)20(3)12-14-4-8-16(18)9-5-14/h4-11,13,19H,12H2,1-3H3. The van der Waals surface area contributed by atoms with Crippen LogP contribution in [0.3, 0.4) is 0 Å². The van der Waals surface area contributed by atoms with Crippen molar-refractivity contribution in [3.8, 4) is 0 Å². The molecule has 0 spiro atoms. The Kier molecular flexibility index (Phi) is 4.74. The van der Waals surface area contributed by atoms with Crippen LogP contribution in [-0.2, 0) is 6.54 Å². The van der Waals surface area contributed by atoms with Crippen molar-refractivity contribution in [3.05, 3.63) is 65.5 Å². The summed E-state index contributed by atoms with van der Waals surface area (Å²) in [6.07, 6.45) is 0. The van der Waals surface area contributed by atoms with Gasteiger partial charge in [-0.1, -0.05) is 24.3 Å². The van der Waals surface area contributed by atoms with Crippen molar-refractivity contribution < 1.29 is 4.39 Å². The topological polar surface area (TPSA) is 15.3 Å². The van der Waals surface area contributed by atoms with Crippen LogP contribution in [0.2, 0.25) is 0 Å². The van der Waals surface area contributed by atoms with Gasteiger partial charge in [0.05, 0.1) is 0 Å². The molecule has 1 unspecified atom stereocenters. The number of nitrogens with one attached hydrogen (secondary N) is 1. The first-order valence-electron chi connectivity index (χ1n) is 6.83. The van der Waals surface area contributed by atoms with E-state index in [9.17, 15) is 4.39 Å². The minimum absolute atomic E-state index is 0.193. The maximum Gasteiger partial charge on any atom is 0.123 e. The number of hydrogen-bond acceptors (Lipinski definition) is 2. The molecular formula is C17H21FN2. The van der Waals surface area contributed by atoms with E-state index in [-0.39, 0.29) is 5.82 Å². The second-order valence-corrected chi connectivity index (χ2v) is 5.08. The zero-order valence-electron chi connectivity index (χ0n) is 12.2. The number of halogens is 1. The molecule has 2 aromatic carbocycles. The molecule has 0 heterocycles. The summed E-state index contributed by atoms with van der Waals surface area (Å²) in [5.74, 6) is -0.193. The molecule has 0 aliphatic carbocycles. The van der Waals surface area contributed by atoms with Gasteiger partial charge in [0.2, 0.25) is 0 Å². The van der Waals surface area contributed by atoms with Crippen LogP contribution in [0.15, 0.2) is 48.5 Å². The minimum Gasteiger partial charge on any atom is -0.370 e. The Hall–Kier alpha value is -1.87. The van der Waals surface area contributed by atoms with Crippen molar-refractivity contribution in [1.29, 1.82) is 0 Å². The molecule has 3 heteroatoms. The Morgan fingerprint density at radius 2 is 1.65 bits per heavy atom. The Bertz CT molecular complexity index is 534. The van der Waals surface area contributed by atoms with Crippen LogP contribution in [0.1, 0.15) is 24.1 Å². The first kappa shape index (κ1) is 14.5. The third-order valence-corrected chi connectivity index (χ3v) is 3.60. The molecule has 0 radical (unpaired) electrons. The first-order valence-corrected chi connectivity index (χ1v) is 6.83. The predicted molar refractivity (Wildman–Crippen MR) is 82.4 cm³/mol. The molecule has 0 fully saturated rings. The molecule has 0 saturated carbocycles. The molecule has 20 heavy (non-hydrogen) atoms. The molecule has 1 N–H and O–H groups in total. The van der Waals surface area contributed by atoms with Gasteiger partial charge in [-0.15, -0.1) is 0 Å². The third kappa shape index (κ3) is 3.58. The Labute approximate surface area is 120 Å². The van der Waals surface area contributed by atoms with Crippen LogP contribution in [0.5, 0.6) is 0 Å². The molecule has 2 nitrogen and oxygen atoms in total. The molecule has 0 aliphatic rings. The lowest BCUT2D eigenvalue weighted by Gasteiger charge is -2.20. The largest absolute Gasteiger partial charge is 0.370 e. The van der Waals surface area contributed by atoms with Crippen LogP contribution in [-0.4, -0.2) is 14.1 Å². The summed E-state index contributed by atoms with van der Waals surface area (Å²) in [6.45, 7) is 2.90. The molecule has 106 valence electrons. The zero-order valence-corrected chi connectivity index (χ0v) is 12.2. The van der Waals surface area contributed by atoms with Crippen LogP contribution >= 0.6 is 0 Å². The van der Waals surface area contributed by atoms with Crippen molar-refractivity contribution >= 4 is 5.69 Å². The normalized spacial score (nSPS) is 12.2. The minimum atomic E-state index is -0.193. The Balaban J connectivity index is 2.05. The Morgan fingerprint density at radius 3 is 2.20 bits per heavy atom. The van der Waals surface area contributed by atoms with E-state index in [1.165, 1.54) is 17.7 Å². The van der Waals surface area contributed by atoms with Gasteiger partial charge in [-0.2, -0.15) is 0 Å². The SMILES string of the molecule is CNC(C)c1ccc(N(C)Cc2ccc(F)cc2)cc1. The van der Waals surface area contributed by atoms with Gasteiger partial charge in [0.15, 0.2) is 0 Å². The van der Waals surface area contributed by atoms with E-state index in [4.69, 9.17) is 0 Å². The number of hydrogen-bond donors (Lipinski definition) is 1. The molecular weight excluding hydrogens is 251 g/mol. The average Bonchev–Trinajstić information content (AvgIpc) is 2.49. The molecule has 1 atom stereocenters. The lowest BCUT2D eigenvalue weighted by atomic mass is 10.1. The van der Waals surface area contributed by atoms with Gasteiger partial charge in [0.1, 0.15) is 5.82 Å². The fourth-order valence-electron chi connectivity index (χ4n) is 2.14. The summed E-state index contributed by atoms with van der Waals surface area (Å²) in [5, 5.41) is 3.23. The number of nitrogens with zero attached hydrogens (tertiary/aromatic N) is 1. The van der Waals surface area contributed by atoms with E-state index in [2.05, 4.69) is 41.4 Å². The van der Waals surface area contributed by atoms with Crippen molar-refractivity contribution in [2.75, 3.05) is 19.0 Å². The van der Waals surface area contributed by atoms with E-state index >= 15 is 0 Å². The maximum absolute atomic E-state index is 12.9. The van der Waals surface area contributed by atoms with Gasteiger partial charge in [0, 0.05) is 25.3 Å². The molecule has 2 rings (SSSR count). The van der Waals surface area contributed by atoms with E-state index in [1.54, 1.807) is 0 Å². The smallest absolute Gasteiger partial charge is 0.123 e. The van der Waals surface area contributed by atoms with E-state index in [0.29, 0.717) is 6.04 Å². The van der Waals surface area contributed by atoms with Crippen LogP contribution in [0.25, 0.3) is 0 Å². The molecule has 0 aliphatic heterocycles. The summed E-state index contributed by atoms with van der Waals surface area (Å²) in [6, 6.07) is 15.5. The first-order chi connectivity index (χ1) is 9.60. The monoisotopic (exact) mass is 272 g/mol. The summed E-state index contributed by atoms with van der Waals surface area (Å²) in [7, 11) is 4.00. The van der Waals surface area contributed by atoms with Crippen molar-refractivity contribution in [1.82, 2.24) is 5.32 Å². The molecule has 0 aromatic heterocycles. The number of anilines is 1. The van der Waals surface area contributed by atoms with Gasteiger partial charge in [-0.3, -0.25) is 0 Å². The second-order valence-electron chi connectivity index (χ2n) is 5.08. The van der Waals surface area contributed by atoms with Gasteiger partial charge >= 0.3 is 0 Å². The highest BCUT2D eigenvalue weighted by Crippen LogP contribution is 2.19. The molecule has 0 saturated heterocycles. The van der Waals surface area contributed by atoms with Crippen molar-refractivity contribution in [3.63, 3.8) is 0 Å². The lowest BCUT2D eigenvalue weighted by Crippen LogP contribution is -2.17. The fraction of sp³-hybridized carbons (Fsp3) is 0.294. The van der Waals surface area contributed by atoms with E-state index in [1.807, 2.05) is 26.2 Å². The maximum atomic E-state index is 12.9. The van der Waals surface area contributed by atoms with Crippen LogP contribution in [0.4, 0.5) is 10.1 Å². The Morgan fingerprint density at radius 1 is 1.05 bits per heavy atom. The predicted octanol–water partition coefficient (Wildman–Crippen LogP) is 3.74. The van der Waals surface area contributed by atoms with Gasteiger partial charge in [-0.05, 0) is 49.4 Å². The second kappa shape index (κ2) is 6.53. The van der Waals surface area contributed by atoms with Crippen molar-refractivity contribution in [2.45, 2.75) is 19.5 Å². The molecule has 0 amide bonds. The quantitative estimate of drug-likeness (QED) is 0.892. The van der Waals surface area contributed by atoms with Gasteiger partial charge in [-0.25, -0.2) is 4.39 Å². The third-order valence-electron chi connectivity index (χ3n) is 3.60. The van der Waals surface area contributed by atoms with Crippen LogP contribution < -0.4 is 10.2 Å². The summed E-state index contributed by atoms with van der Waals surface area (Å²) < 4.78 is 12.9. The van der Waals surface area contributed by atoms with Gasteiger partial charge < -0.3 is 10.2 Å². The fourth-order valence-corrected chi connectivity index (χ4v) is 2.14. The molecule has 2 aromatic rings. The lowest BCUT2D eigenvalue weighted by molar-refractivity contribution is 0.627. The summed E-state index contributed by atoms with van der Waals surface area (Å²) >= 11 is 0. The van der Waals surface area contributed by atoms with E-state index < -0.39 is 0 Å². The zero-order chi connectivity index (χ0) is 14.5. The average molecular weight is 272 g/mol. The highest BCUT2D eigenvalue weighted by molar-refractivity contribution is 5.47. The number of benzene rings is 2. The summed E-state index contributed by atoms with van der Waals surface area (Å²) in [5.41, 5.74) is 3.52. The molecule has 0 bridgehead atoms. The van der Waals surface area contributed by atoms with Crippen molar-refractivity contribution in [2.24, 2.45) is 0 Å². The van der Waals surface area contributed by atoms with Crippen LogP contribution in [0, 0.1) is 5.82 Å². The highest BCUT2D eigenvalue weighted by Gasteiger charge is 2.05. The van der Waals surface area contributed by atoms with E-state index in [0.717, 1.165) is 17.8 Å².